The van der Waals surface area contributed by atoms with Crippen molar-refractivity contribution in [3.63, 3.8) is 0 Å². The van der Waals surface area contributed by atoms with Crippen molar-refractivity contribution in [3.05, 3.63) is 83.2 Å². The van der Waals surface area contributed by atoms with Gasteiger partial charge in [-0.1, -0.05) is 35.6 Å². The van der Waals surface area contributed by atoms with E-state index < -0.39 is 12.1 Å². The van der Waals surface area contributed by atoms with Crippen LogP contribution in [0.4, 0.5) is 15.3 Å². The molecule has 4 aromatic heterocycles. The Morgan fingerprint density at radius 2 is 1.84 bits per heavy atom. The first kappa shape index (κ1) is 24.4. The number of anilines is 2. The molecule has 0 saturated heterocycles. The highest BCUT2D eigenvalue weighted by Gasteiger charge is 2.19. The van der Waals surface area contributed by atoms with Crippen LogP contribution in [0, 0.1) is 5.82 Å². The fourth-order valence-electron chi connectivity index (χ4n) is 4.00. The lowest BCUT2D eigenvalue weighted by atomic mass is 10.2. The number of aliphatic hydroxyl groups is 2. The number of aliphatic hydroxyl groups excluding tert-OH is 1. The first-order valence-corrected chi connectivity index (χ1v) is 13.4. The van der Waals surface area contributed by atoms with Crippen molar-refractivity contribution in [2.75, 3.05) is 11.9 Å². The molecule has 2 aromatic carbocycles. The average molecular weight is 549 g/mol. The molecule has 0 fully saturated rings. The van der Waals surface area contributed by atoms with Gasteiger partial charge in [0.1, 0.15) is 5.69 Å². The minimum Gasteiger partial charge on any atom is -0.491 e. The van der Waals surface area contributed by atoms with E-state index in [-0.39, 0.29) is 18.1 Å². The molecule has 38 heavy (non-hydrogen) atoms. The van der Waals surface area contributed by atoms with E-state index in [2.05, 4.69) is 25.5 Å². The summed E-state index contributed by atoms with van der Waals surface area (Å²) in [6, 6.07) is 17.9. The van der Waals surface area contributed by atoms with E-state index in [9.17, 15) is 14.6 Å². The predicted octanol–water partition coefficient (Wildman–Crippen LogP) is 5.36. The fourth-order valence-corrected chi connectivity index (χ4v) is 5.98. The Morgan fingerprint density at radius 3 is 2.68 bits per heavy atom. The smallest absolute Gasteiger partial charge is 0.197 e. The molecule has 0 bridgehead atoms. The maximum absolute atomic E-state index is 13.8. The molecule has 0 aliphatic heterocycles. The lowest BCUT2D eigenvalue weighted by molar-refractivity contribution is -0.0460. The molecule has 3 N–H and O–H groups in total. The molecular formula is C26H21FN6O3S2. The number of para-hydroxylation sites is 2. The van der Waals surface area contributed by atoms with Crippen LogP contribution < -0.4 is 10.1 Å². The van der Waals surface area contributed by atoms with Gasteiger partial charge in [0, 0.05) is 16.5 Å². The number of ether oxygens (including phenoxy) is 1. The average Bonchev–Trinajstić information content (AvgIpc) is 3.63. The standard InChI is InChI=1S/C26H21FN6O3S2/c27-16-6-1-3-8-18(16)36-13-5-10-20-22(24(34)35)30-26(38-20)33-12-11-15-14-21(31-32-23(15)33)29-25-28-17-7-2-4-9-19(17)37-25/h1-4,6-9,11-12,14,24,34-35H,5,10,13H2,(H,28,29,31). The molecule has 0 atom stereocenters. The van der Waals surface area contributed by atoms with Gasteiger partial charge >= 0.3 is 0 Å². The number of nitrogens with one attached hydrogen (secondary N) is 1. The summed E-state index contributed by atoms with van der Waals surface area (Å²) in [5, 5.41) is 33.8. The zero-order chi connectivity index (χ0) is 26.1. The van der Waals surface area contributed by atoms with E-state index in [1.165, 1.54) is 28.7 Å². The predicted molar refractivity (Wildman–Crippen MR) is 145 cm³/mol. The van der Waals surface area contributed by atoms with E-state index in [0.29, 0.717) is 34.3 Å². The quantitative estimate of drug-likeness (QED) is 0.163. The van der Waals surface area contributed by atoms with Crippen LogP contribution in [0.15, 0.2) is 66.9 Å². The molecule has 12 heteroatoms. The van der Waals surface area contributed by atoms with Crippen LogP contribution in [0.2, 0.25) is 0 Å². The third-order valence-corrected chi connectivity index (χ3v) is 7.85. The Kier molecular flexibility index (Phi) is 6.68. The Labute approximate surface area is 223 Å². The highest BCUT2D eigenvalue weighted by molar-refractivity contribution is 7.22. The second kappa shape index (κ2) is 10.4. The van der Waals surface area contributed by atoms with Crippen molar-refractivity contribution >= 4 is 54.9 Å². The van der Waals surface area contributed by atoms with Crippen molar-refractivity contribution in [1.82, 2.24) is 24.7 Å². The number of aromatic nitrogens is 5. The van der Waals surface area contributed by atoms with Crippen LogP contribution in [-0.2, 0) is 6.42 Å². The summed E-state index contributed by atoms with van der Waals surface area (Å²) in [4.78, 5) is 9.73. The molecule has 0 aliphatic carbocycles. The third-order valence-electron chi connectivity index (χ3n) is 5.77. The largest absolute Gasteiger partial charge is 0.491 e. The van der Waals surface area contributed by atoms with E-state index in [0.717, 1.165) is 20.7 Å². The minimum atomic E-state index is -1.72. The topological polar surface area (TPSA) is 118 Å². The molecule has 6 rings (SSSR count). The number of hydrogen-bond acceptors (Lipinski definition) is 10. The van der Waals surface area contributed by atoms with Crippen molar-refractivity contribution < 1.29 is 19.3 Å². The Bertz CT molecular complexity index is 1700. The number of fused-ring (bicyclic) bond motifs is 2. The molecule has 0 radical (unpaired) electrons. The van der Waals surface area contributed by atoms with Gasteiger partial charge in [-0.05, 0) is 49.2 Å². The van der Waals surface area contributed by atoms with Crippen LogP contribution in [0.25, 0.3) is 26.4 Å². The molecule has 9 nitrogen and oxygen atoms in total. The van der Waals surface area contributed by atoms with Crippen molar-refractivity contribution in [3.8, 4) is 10.9 Å². The second-order valence-corrected chi connectivity index (χ2v) is 10.5. The number of halogens is 1. The van der Waals surface area contributed by atoms with Gasteiger partial charge in [0.05, 0.1) is 16.8 Å². The van der Waals surface area contributed by atoms with Gasteiger partial charge in [-0.2, -0.15) is 0 Å². The summed E-state index contributed by atoms with van der Waals surface area (Å²) >= 11 is 2.87. The monoisotopic (exact) mass is 548 g/mol. The SMILES string of the molecule is OC(O)c1nc(-n2ccc3cc(Nc4nc5ccccc5s4)nnc32)sc1CCCOc1ccccc1F. The third kappa shape index (κ3) is 4.94. The molecule has 0 amide bonds. The van der Waals surface area contributed by atoms with Gasteiger partial charge < -0.3 is 20.3 Å². The summed E-state index contributed by atoms with van der Waals surface area (Å²) in [7, 11) is 0. The van der Waals surface area contributed by atoms with Gasteiger partial charge in [-0.3, -0.25) is 4.57 Å². The zero-order valence-corrected chi connectivity index (χ0v) is 21.4. The van der Waals surface area contributed by atoms with Crippen LogP contribution in [0.3, 0.4) is 0 Å². The van der Waals surface area contributed by atoms with Crippen LogP contribution >= 0.6 is 22.7 Å². The van der Waals surface area contributed by atoms with Gasteiger partial charge in [0.2, 0.25) is 0 Å². The molecule has 0 aliphatic rings. The number of benzene rings is 2. The number of hydrogen-bond donors (Lipinski definition) is 3. The fraction of sp³-hybridized carbons (Fsp3) is 0.154. The summed E-state index contributed by atoms with van der Waals surface area (Å²) in [5.41, 5.74) is 1.68. The molecule has 0 unspecified atom stereocenters. The van der Waals surface area contributed by atoms with Gasteiger partial charge in [-0.25, -0.2) is 14.4 Å². The second-order valence-electron chi connectivity index (χ2n) is 8.37. The Hall–Kier alpha value is -3.97. The maximum Gasteiger partial charge on any atom is 0.197 e. The molecule has 4 heterocycles. The van der Waals surface area contributed by atoms with Crippen LogP contribution in [-0.4, -0.2) is 41.6 Å². The van der Waals surface area contributed by atoms with E-state index >= 15 is 0 Å². The summed E-state index contributed by atoms with van der Waals surface area (Å²) < 4.78 is 22.1. The summed E-state index contributed by atoms with van der Waals surface area (Å²) in [6.45, 7) is 0.275. The van der Waals surface area contributed by atoms with Gasteiger partial charge in [-0.15, -0.1) is 21.5 Å². The number of rotatable bonds is 9. The first-order valence-electron chi connectivity index (χ1n) is 11.8. The summed E-state index contributed by atoms with van der Waals surface area (Å²) in [6.07, 6.45) is 1.13. The van der Waals surface area contributed by atoms with Crippen molar-refractivity contribution in [2.45, 2.75) is 19.1 Å². The van der Waals surface area contributed by atoms with Crippen LogP contribution in [0.5, 0.6) is 5.75 Å². The Balaban J connectivity index is 1.19. The Morgan fingerprint density at radius 1 is 1.00 bits per heavy atom. The lowest BCUT2D eigenvalue weighted by Crippen LogP contribution is -2.04. The van der Waals surface area contributed by atoms with Crippen molar-refractivity contribution in [2.24, 2.45) is 0 Å². The van der Waals surface area contributed by atoms with E-state index in [1.54, 1.807) is 22.8 Å². The maximum atomic E-state index is 13.8. The number of nitrogens with zero attached hydrogens (tertiary/aromatic N) is 5. The number of thiazole rings is 2. The number of aryl methyl sites for hydroxylation is 1. The highest BCUT2D eigenvalue weighted by atomic mass is 32.1. The minimum absolute atomic E-state index is 0.180. The van der Waals surface area contributed by atoms with Gasteiger partial charge in [0.25, 0.3) is 0 Å². The van der Waals surface area contributed by atoms with Crippen molar-refractivity contribution in [1.29, 1.82) is 0 Å². The molecular weight excluding hydrogens is 527 g/mol. The molecule has 0 saturated carbocycles. The molecule has 6 aromatic rings. The molecule has 0 spiro atoms. The first-order chi connectivity index (χ1) is 18.5. The summed E-state index contributed by atoms with van der Waals surface area (Å²) in [5.74, 6) is 0.336. The van der Waals surface area contributed by atoms with Gasteiger partial charge in [0.15, 0.2) is 39.6 Å². The van der Waals surface area contributed by atoms with Crippen LogP contribution in [0.1, 0.15) is 23.3 Å². The van der Waals surface area contributed by atoms with E-state index in [4.69, 9.17) is 4.74 Å². The van der Waals surface area contributed by atoms with E-state index in [1.807, 2.05) is 42.6 Å². The lowest BCUT2D eigenvalue weighted by Gasteiger charge is -2.07. The normalized spacial score (nSPS) is 11.6. The zero-order valence-electron chi connectivity index (χ0n) is 19.8. The molecule has 192 valence electrons. The highest BCUT2D eigenvalue weighted by Crippen LogP contribution is 2.31.